The topological polar surface area (TPSA) is 101 Å². The number of rotatable bonds is 4. The van der Waals surface area contributed by atoms with Gasteiger partial charge in [-0.3, -0.25) is 14.4 Å². The zero-order valence-corrected chi connectivity index (χ0v) is 15.9. The fourth-order valence-electron chi connectivity index (χ4n) is 3.34. The van der Waals surface area contributed by atoms with Gasteiger partial charge in [0.05, 0.1) is 5.56 Å². The smallest absolute Gasteiger partial charge is 0.327 e. The molecular formula is C18H22N2O6S. The van der Waals surface area contributed by atoms with E-state index in [1.807, 2.05) is 0 Å². The van der Waals surface area contributed by atoms with Gasteiger partial charge in [-0.05, 0) is 31.9 Å². The number of hydrogen-bond acceptors (Lipinski definition) is 6. The maximum absolute atomic E-state index is 12.5. The number of ether oxygens (including phenoxy) is 1. The summed E-state index contributed by atoms with van der Waals surface area (Å²) in [4.78, 5) is 38.5. The molecule has 1 unspecified atom stereocenters. The molecule has 146 valence electrons. The van der Waals surface area contributed by atoms with Gasteiger partial charge in [-0.1, -0.05) is 25.0 Å². The summed E-state index contributed by atoms with van der Waals surface area (Å²) in [6.45, 7) is 1.94. The molecule has 8 nitrogen and oxygen atoms in total. The highest BCUT2D eigenvalue weighted by Crippen LogP contribution is 2.29. The monoisotopic (exact) mass is 394 g/mol. The Hall–Kier alpha value is -2.42. The zero-order valence-electron chi connectivity index (χ0n) is 15.1. The standard InChI is InChI=1S/C18H22N2O6S/c1-13(17(22)19-10-6-2-3-7-11-19)26-16(21)12-20-18(23)14-8-4-5-9-15(14)27(20,24)25/h4-5,8-9,13H,2-3,6-7,10-12H2,1H3. The van der Waals surface area contributed by atoms with Crippen LogP contribution >= 0.6 is 0 Å². The summed E-state index contributed by atoms with van der Waals surface area (Å²) in [7, 11) is -4.08. The van der Waals surface area contributed by atoms with Crippen molar-refractivity contribution >= 4 is 27.8 Å². The van der Waals surface area contributed by atoms with Crippen molar-refractivity contribution in [2.45, 2.75) is 43.6 Å². The molecule has 27 heavy (non-hydrogen) atoms. The van der Waals surface area contributed by atoms with Crippen molar-refractivity contribution in [1.82, 2.24) is 9.21 Å². The van der Waals surface area contributed by atoms with Gasteiger partial charge in [0.25, 0.3) is 21.8 Å². The molecule has 1 aromatic carbocycles. The number of fused-ring (bicyclic) bond motifs is 1. The van der Waals surface area contributed by atoms with E-state index in [4.69, 9.17) is 4.74 Å². The normalized spacial score (nSPS) is 20.0. The van der Waals surface area contributed by atoms with E-state index in [9.17, 15) is 22.8 Å². The van der Waals surface area contributed by atoms with Crippen molar-refractivity contribution in [3.8, 4) is 0 Å². The van der Waals surface area contributed by atoms with Crippen molar-refractivity contribution in [2.24, 2.45) is 0 Å². The number of benzene rings is 1. The molecule has 0 N–H and O–H groups in total. The van der Waals surface area contributed by atoms with E-state index in [0.29, 0.717) is 17.4 Å². The van der Waals surface area contributed by atoms with E-state index >= 15 is 0 Å². The third-order valence-corrected chi connectivity index (χ3v) is 6.55. The Morgan fingerprint density at radius 2 is 1.74 bits per heavy atom. The van der Waals surface area contributed by atoms with E-state index in [1.165, 1.54) is 25.1 Å². The lowest BCUT2D eigenvalue weighted by atomic mass is 10.2. The minimum Gasteiger partial charge on any atom is -0.451 e. The van der Waals surface area contributed by atoms with E-state index in [1.54, 1.807) is 11.0 Å². The second kappa shape index (κ2) is 7.67. The molecule has 2 aliphatic heterocycles. The van der Waals surface area contributed by atoms with E-state index in [0.717, 1.165) is 25.7 Å². The quantitative estimate of drug-likeness (QED) is 0.711. The summed E-state index contributed by atoms with van der Waals surface area (Å²) in [5, 5.41) is 0. The molecule has 9 heteroatoms. The summed E-state index contributed by atoms with van der Waals surface area (Å²) in [5.41, 5.74) is 0.0268. The lowest BCUT2D eigenvalue weighted by Crippen LogP contribution is -2.42. The summed E-state index contributed by atoms with van der Waals surface area (Å²) in [6, 6.07) is 5.77. The largest absolute Gasteiger partial charge is 0.451 e. The first-order chi connectivity index (χ1) is 12.8. The maximum atomic E-state index is 12.5. The van der Waals surface area contributed by atoms with Crippen molar-refractivity contribution in [3.05, 3.63) is 29.8 Å². The van der Waals surface area contributed by atoms with E-state index < -0.39 is 34.5 Å². The Morgan fingerprint density at radius 1 is 1.11 bits per heavy atom. The van der Waals surface area contributed by atoms with Crippen molar-refractivity contribution < 1.29 is 27.5 Å². The summed E-state index contributed by atoms with van der Waals surface area (Å²) >= 11 is 0. The van der Waals surface area contributed by atoms with Crippen LogP contribution in [0.1, 0.15) is 43.0 Å². The molecule has 2 heterocycles. The van der Waals surface area contributed by atoms with Crippen LogP contribution in [0, 0.1) is 0 Å². The molecule has 0 aliphatic carbocycles. The van der Waals surface area contributed by atoms with Crippen LogP contribution in [0.5, 0.6) is 0 Å². The molecule has 0 aromatic heterocycles. The minimum atomic E-state index is -4.08. The van der Waals surface area contributed by atoms with E-state index in [2.05, 4.69) is 0 Å². The third-order valence-electron chi connectivity index (χ3n) is 4.76. The Morgan fingerprint density at radius 3 is 2.37 bits per heavy atom. The molecule has 2 aliphatic rings. The number of carbonyl (C=O) groups excluding carboxylic acids is 3. The molecule has 3 rings (SSSR count). The fourth-order valence-corrected chi connectivity index (χ4v) is 4.85. The van der Waals surface area contributed by atoms with Crippen LogP contribution in [0.2, 0.25) is 0 Å². The van der Waals surface area contributed by atoms with Crippen LogP contribution in [-0.4, -0.2) is 61.1 Å². The number of sulfonamides is 1. The highest BCUT2D eigenvalue weighted by molar-refractivity contribution is 7.90. The second-order valence-corrected chi connectivity index (χ2v) is 8.52. The zero-order chi connectivity index (χ0) is 19.6. The van der Waals surface area contributed by atoms with Gasteiger partial charge >= 0.3 is 5.97 Å². The van der Waals surface area contributed by atoms with Crippen LogP contribution in [0.3, 0.4) is 0 Å². The summed E-state index contributed by atoms with van der Waals surface area (Å²) in [6.07, 6.45) is 2.91. The lowest BCUT2D eigenvalue weighted by molar-refractivity contribution is -0.158. The molecule has 1 saturated heterocycles. The van der Waals surface area contributed by atoms with Gasteiger partial charge in [0.1, 0.15) is 11.4 Å². The van der Waals surface area contributed by atoms with Crippen LogP contribution in [0.15, 0.2) is 29.2 Å². The Balaban J connectivity index is 1.64. The number of nitrogens with zero attached hydrogens (tertiary/aromatic N) is 2. The van der Waals surface area contributed by atoms with Crippen LogP contribution < -0.4 is 0 Å². The Bertz CT molecular complexity index is 858. The molecule has 2 amide bonds. The molecule has 0 spiro atoms. The van der Waals surface area contributed by atoms with Gasteiger partial charge in [0.15, 0.2) is 6.10 Å². The van der Waals surface area contributed by atoms with Gasteiger partial charge in [-0.2, -0.15) is 0 Å². The van der Waals surface area contributed by atoms with E-state index in [-0.39, 0.29) is 16.4 Å². The number of esters is 1. The summed E-state index contributed by atoms with van der Waals surface area (Å²) in [5.74, 6) is -2.01. The number of carbonyl (C=O) groups is 3. The predicted octanol–water partition coefficient (Wildman–Crippen LogP) is 1.17. The van der Waals surface area contributed by atoms with Crippen LogP contribution in [0.4, 0.5) is 0 Å². The third kappa shape index (κ3) is 3.83. The van der Waals surface area contributed by atoms with Crippen LogP contribution in [-0.2, 0) is 24.3 Å². The van der Waals surface area contributed by atoms with Gasteiger partial charge in [-0.15, -0.1) is 0 Å². The first-order valence-electron chi connectivity index (χ1n) is 8.97. The Kier molecular flexibility index (Phi) is 5.50. The van der Waals surface area contributed by atoms with Gasteiger partial charge in [-0.25, -0.2) is 12.7 Å². The van der Waals surface area contributed by atoms with Gasteiger partial charge < -0.3 is 9.64 Å². The molecule has 1 aromatic rings. The number of likely N-dealkylation sites (tertiary alicyclic amines) is 1. The average Bonchev–Trinajstić information content (AvgIpc) is 2.86. The predicted molar refractivity (Wildman–Crippen MR) is 95.3 cm³/mol. The number of hydrogen-bond donors (Lipinski definition) is 0. The number of amides is 2. The fraction of sp³-hybridized carbons (Fsp3) is 0.500. The molecule has 1 fully saturated rings. The SMILES string of the molecule is CC(OC(=O)CN1C(=O)c2ccccc2S1(=O)=O)C(=O)N1CCCCCC1. The van der Waals surface area contributed by atoms with Crippen molar-refractivity contribution in [1.29, 1.82) is 0 Å². The molecule has 0 radical (unpaired) electrons. The highest BCUT2D eigenvalue weighted by Gasteiger charge is 2.42. The van der Waals surface area contributed by atoms with Crippen molar-refractivity contribution in [3.63, 3.8) is 0 Å². The second-order valence-electron chi connectivity index (χ2n) is 6.68. The molecule has 1 atom stereocenters. The van der Waals surface area contributed by atoms with Gasteiger partial charge in [0.2, 0.25) is 0 Å². The maximum Gasteiger partial charge on any atom is 0.327 e. The first-order valence-corrected chi connectivity index (χ1v) is 10.4. The molecule has 0 saturated carbocycles. The van der Waals surface area contributed by atoms with Gasteiger partial charge in [0, 0.05) is 13.1 Å². The highest BCUT2D eigenvalue weighted by atomic mass is 32.2. The van der Waals surface area contributed by atoms with Crippen molar-refractivity contribution in [2.75, 3.05) is 19.6 Å². The minimum absolute atomic E-state index is 0.0268. The molecular weight excluding hydrogens is 372 g/mol. The lowest BCUT2D eigenvalue weighted by Gasteiger charge is -2.24. The molecule has 0 bridgehead atoms. The Labute approximate surface area is 158 Å². The van der Waals surface area contributed by atoms with Crippen LogP contribution in [0.25, 0.3) is 0 Å². The first kappa shape index (κ1) is 19.3. The average molecular weight is 394 g/mol. The summed E-state index contributed by atoms with van der Waals surface area (Å²) < 4.78 is 30.5.